The van der Waals surface area contributed by atoms with Gasteiger partial charge in [0.25, 0.3) is 0 Å². The first-order chi connectivity index (χ1) is 9.17. The molecule has 0 bridgehead atoms. The van der Waals surface area contributed by atoms with Crippen LogP contribution in [0.3, 0.4) is 0 Å². The molecule has 19 heavy (non-hydrogen) atoms. The van der Waals surface area contributed by atoms with Gasteiger partial charge in [0.2, 0.25) is 5.88 Å². The zero-order valence-electron chi connectivity index (χ0n) is 12.3. The fourth-order valence-electron chi connectivity index (χ4n) is 2.31. The Morgan fingerprint density at radius 2 is 2.05 bits per heavy atom. The number of aryl methyl sites for hydroxylation is 1. The van der Waals surface area contributed by atoms with Crippen molar-refractivity contribution in [3.8, 4) is 5.88 Å². The summed E-state index contributed by atoms with van der Waals surface area (Å²) in [5.74, 6) is 2.96. The maximum absolute atomic E-state index is 5.72. The molecule has 1 heterocycles. The van der Waals surface area contributed by atoms with E-state index in [4.69, 9.17) is 4.74 Å². The largest absolute Gasteiger partial charge is 0.477 e. The van der Waals surface area contributed by atoms with Crippen LogP contribution >= 0.6 is 0 Å². The number of anilines is 1. The highest BCUT2D eigenvalue weighted by molar-refractivity contribution is 5.39. The van der Waals surface area contributed by atoms with Crippen molar-refractivity contribution in [1.82, 2.24) is 9.97 Å². The van der Waals surface area contributed by atoms with E-state index < -0.39 is 0 Å². The fraction of sp³-hybridized carbons (Fsp3) is 0.733. The van der Waals surface area contributed by atoms with E-state index >= 15 is 0 Å². The van der Waals surface area contributed by atoms with Crippen molar-refractivity contribution in [1.29, 1.82) is 0 Å². The molecule has 0 unspecified atom stereocenters. The molecule has 0 atom stereocenters. The molecule has 1 fully saturated rings. The molecule has 1 aliphatic carbocycles. The lowest BCUT2D eigenvalue weighted by Crippen LogP contribution is -2.17. The van der Waals surface area contributed by atoms with Gasteiger partial charge < -0.3 is 10.1 Å². The molecule has 0 amide bonds. The number of rotatable bonds is 6. The second-order valence-electron chi connectivity index (χ2n) is 5.69. The Bertz CT molecular complexity index is 400. The van der Waals surface area contributed by atoms with E-state index in [-0.39, 0.29) is 0 Å². The zero-order chi connectivity index (χ0) is 13.7. The molecular weight excluding hydrogens is 238 g/mol. The predicted molar refractivity (Wildman–Crippen MR) is 77.6 cm³/mol. The smallest absolute Gasteiger partial charge is 0.218 e. The predicted octanol–water partition coefficient (Wildman–Crippen LogP) is 3.43. The van der Waals surface area contributed by atoms with Crippen molar-refractivity contribution < 1.29 is 4.74 Å². The first-order valence-corrected chi connectivity index (χ1v) is 7.44. The summed E-state index contributed by atoms with van der Waals surface area (Å²) in [6.45, 7) is 7.04. The summed E-state index contributed by atoms with van der Waals surface area (Å²) in [5, 5.41) is 3.51. The number of hydrogen-bond acceptors (Lipinski definition) is 4. The molecule has 0 saturated heterocycles. The third-order valence-electron chi connectivity index (χ3n) is 3.34. The molecule has 1 aromatic heterocycles. The Kier molecular flexibility index (Phi) is 5.00. The molecule has 4 nitrogen and oxygen atoms in total. The molecule has 4 heteroatoms. The van der Waals surface area contributed by atoms with Crippen LogP contribution in [0.15, 0.2) is 6.07 Å². The van der Waals surface area contributed by atoms with E-state index in [9.17, 15) is 0 Å². The van der Waals surface area contributed by atoms with E-state index in [1.165, 1.54) is 25.7 Å². The minimum atomic E-state index is 0.506. The maximum atomic E-state index is 5.72. The third-order valence-corrected chi connectivity index (χ3v) is 3.34. The molecule has 1 saturated carbocycles. The van der Waals surface area contributed by atoms with E-state index in [1.807, 2.05) is 6.07 Å². The van der Waals surface area contributed by atoms with Crippen LogP contribution in [-0.2, 0) is 6.42 Å². The number of nitrogens with one attached hydrogen (secondary N) is 1. The van der Waals surface area contributed by atoms with Crippen LogP contribution < -0.4 is 10.1 Å². The van der Waals surface area contributed by atoms with Crippen LogP contribution in [0.5, 0.6) is 5.88 Å². The number of aromatic nitrogens is 2. The SMILES string of the molecule is CCc1nc(NC2CCCC2)cc(OCC(C)C)n1. The Morgan fingerprint density at radius 3 is 2.68 bits per heavy atom. The second kappa shape index (κ2) is 6.73. The van der Waals surface area contributed by atoms with Gasteiger partial charge in [-0.2, -0.15) is 4.98 Å². The number of nitrogens with zero attached hydrogens (tertiary/aromatic N) is 2. The van der Waals surface area contributed by atoms with E-state index in [1.54, 1.807) is 0 Å². The summed E-state index contributed by atoms with van der Waals surface area (Å²) in [7, 11) is 0. The Morgan fingerprint density at radius 1 is 1.32 bits per heavy atom. The average Bonchev–Trinajstić information content (AvgIpc) is 2.89. The van der Waals surface area contributed by atoms with Gasteiger partial charge in [0.15, 0.2) is 0 Å². The van der Waals surface area contributed by atoms with Gasteiger partial charge in [-0.15, -0.1) is 0 Å². The van der Waals surface area contributed by atoms with Gasteiger partial charge in [0, 0.05) is 18.5 Å². The monoisotopic (exact) mass is 263 g/mol. The molecule has 0 aromatic carbocycles. The number of ether oxygens (including phenoxy) is 1. The van der Waals surface area contributed by atoms with E-state index in [2.05, 4.69) is 36.1 Å². The van der Waals surface area contributed by atoms with Gasteiger partial charge in [0.1, 0.15) is 11.6 Å². The third kappa shape index (κ3) is 4.37. The molecule has 1 N–H and O–H groups in total. The normalized spacial score (nSPS) is 16.0. The highest BCUT2D eigenvalue weighted by Crippen LogP contribution is 2.23. The van der Waals surface area contributed by atoms with Crippen LogP contribution in [0, 0.1) is 5.92 Å². The zero-order valence-corrected chi connectivity index (χ0v) is 12.3. The first kappa shape index (κ1) is 14.1. The lowest BCUT2D eigenvalue weighted by molar-refractivity contribution is 0.260. The van der Waals surface area contributed by atoms with Crippen molar-refractivity contribution in [3.63, 3.8) is 0 Å². The van der Waals surface area contributed by atoms with Crippen molar-refractivity contribution >= 4 is 5.82 Å². The summed E-state index contributed by atoms with van der Waals surface area (Å²) in [5.41, 5.74) is 0. The Hall–Kier alpha value is -1.32. The van der Waals surface area contributed by atoms with Crippen LogP contribution in [-0.4, -0.2) is 22.6 Å². The molecule has 0 spiro atoms. The van der Waals surface area contributed by atoms with Gasteiger partial charge in [0.05, 0.1) is 6.61 Å². The van der Waals surface area contributed by atoms with Crippen LogP contribution in [0.1, 0.15) is 52.3 Å². The van der Waals surface area contributed by atoms with Gasteiger partial charge in [-0.1, -0.05) is 33.6 Å². The Labute approximate surface area is 116 Å². The van der Waals surface area contributed by atoms with E-state index in [0.29, 0.717) is 24.4 Å². The minimum absolute atomic E-state index is 0.506. The van der Waals surface area contributed by atoms with Crippen molar-refractivity contribution in [3.05, 3.63) is 11.9 Å². The highest BCUT2D eigenvalue weighted by atomic mass is 16.5. The highest BCUT2D eigenvalue weighted by Gasteiger charge is 2.16. The molecule has 106 valence electrons. The average molecular weight is 263 g/mol. The van der Waals surface area contributed by atoms with Crippen molar-refractivity contribution in [2.45, 2.75) is 58.9 Å². The summed E-state index contributed by atoms with van der Waals surface area (Å²) < 4.78 is 5.72. The molecule has 2 rings (SSSR count). The lowest BCUT2D eigenvalue weighted by atomic mass is 10.2. The quantitative estimate of drug-likeness (QED) is 0.854. The van der Waals surface area contributed by atoms with Crippen molar-refractivity contribution in [2.75, 3.05) is 11.9 Å². The fourth-order valence-corrected chi connectivity index (χ4v) is 2.31. The first-order valence-electron chi connectivity index (χ1n) is 7.44. The second-order valence-corrected chi connectivity index (χ2v) is 5.69. The summed E-state index contributed by atoms with van der Waals surface area (Å²) in [4.78, 5) is 8.97. The minimum Gasteiger partial charge on any atom is -0.477 e. The summed E-state index contributed by atoms with van der Waals surface area (Å²) in [6, 6.07) is 2.50. The van der Waals surface area contributed by atoms with Crippen LogP contribution in [0.2, 0.25) is 0 Å². The summed E-state index contributed by atoms with van der Waals surface area (Å²) in [6.07, 6.45) is 5.96. The van der Waals surface area contributed by atoms with Crippen LogP contribution in [0.25, 0.3) is 0 Å². The molecule has 1 aliphatic rings. The Balaban J connectivity index is 2.05. The van der Waals surface area contributed by atoms with Crippen molar-refractivity contribution in [2.24, 2.45) is 5.92 Å². The molecular formula is C15H25N3O. The molecule has 0 aliphatic heterocycles. The van der Waals surface area contributed by atoms with Gasteiger partial charge in [-0.3, -0.25) is 0 Å². The van der Waals surface area contributed by atoms with Gasteiger partial charge in [-0.05, 0) is 18.8 Å². The van der Waals surface area contributed by atoms with Gasteiger partial charge in [-0.25, -0.2) is 4.98 Å². The van der Waals surface area contributed by atoms with Gasteiger partial charge >= 0.3 is 0 Å². The maximum Gasteiger partial charge on any atom is 0.218 e. The molecule has 1 aromatic rings. The standard InChI is InChI=1S/C15H25N3O/c1-4-13-17-14(16-12-7-5-6-8-12)9-15(18-13)19-10-11(2)3/h9,11-12H,4-8,10H2,1-3H3,(H,16,17,18). The topological polar surface area (TPSA) is 47.0 Å². The van der Waals surface area contributed by atoms with E-state index in [0.717, 1.165) is 18.1 Å². The molecule has 0 radical (unpaired) electrons. The number of hydrogen-bond donors (Lipinski definition) is 1. The summed E-state index contributed by atoms with van der Waals surface area (Å²) >= 11 is 0. The van der Waals surface area contributed by atoms with Crippen LogP contribution in [0.4, 0.5) is 5.82 Å². The lowest BCUT2D eigenvalue weighted by Gasteiger charge is -2.15.